The van der Waals surface area contributed by atoms with Crippen LogP contribution in [0.2, 0.25) is 0 Å². The van der Waals surface area contributed by atoms with E-state index in [0.717, 1.165) is 28.1 Å². The normalized spacial score (nSPS) is 10.8. The summed E-state index contributed by atoms with van der Waals surface area (Å²) < 4.78 is 15.9. The molecule has 0 atom stereocenters. The number of nitrogens with zero attached hydrogens (tertiary/aromatic N) is 1. The van der Waals surface area contributed by atoms with Gasteiger partial charge in [-0.1, -0.05) is 17.7 Å². The summed E-state index contributed by atoms with van der Waals surface area (Å²) in [7, 11) is 4.78. The smallest absolute Gasteiger partial charge is 0.250 e. The number of hydrogen-bond acceptors (Lipinski definition) is 6. The summed E-state index contributed by atoms with van der Waals surface area (Å²) in [6, 6.07) is 11.3. The third kappa shape index (κ3) is 4.94. The van der Waals surface area contributed by atoms with Gasteiger partial charge in [0.05, 0.1) is 27.0 Å². The highest BCUT2D eigenvalue weighted by Gasteiger charge is 2.11. The Morgan fingerprint density at radius 2 is 1.72 bits per heavy atom. The molecule has 0 radical (unpaired) electrons. The lowest BCUT2D eigenvalue weighted by molar-refractivity contribution is -0.111. The van der Waals surface area contributed by atoms with Crippen LogP contribution >= 0.6 is 11.3 Å². The van der Waals surface area contributed by atoms with Crippen molar-refractivity contribution in [2.24, 2.45) is 0 Å². The minimum absolute atomic E-state index is 0.267. The molecule has 1 amide bonds. The molecule has 0 unspecified atom stereocenters. The second-order valence-electron chi connectivity index (χ2n) is 6.18. The number of ether oxygens (including phenoxy) is 3. The molecule has 0 aliphatic rings. The first-order valence-electron chi connectivity index (χ1n) is 8.85. The fourth-order valence-corrected chi connectivity index (χ4v) is 3.47. The van der Waals surface area contributed by atoms with E-state index in [2.05, 4.69) is 10.3 Å². The molecule has 0 aliphatic carbocycles. The van der Waals surface area contributed by atoms with Gasteiger partial charge < -0.3 is 14.2 Å². The van der Waals surface area contributed by atoms with Crippen LogP contribution < -0.4 is 19.5 Å². The number of aromatic nitrogens is 1. The Morgan fingerprint density at radius 1 is 1.00 bits per heavy atom. The van der Waals surface area contributed by atoms with Gasteiger partial charge in [-0.25, -0.2) is 4.98 Å². The topological polar surface area (TPSA) is 69.7 Å². The average molecular weight is 410 g/mol. The molecule has 1 N–H and O–H groups in total. The zero-order valence-corrected chi connectivity index (χ0v) is 17.5. The first-order valence-corrected chi connectivity index (χ1v) is 9.73. The maximum Gasteiger partial charge on any atom is 0.250 e. The summed E-state index contributed by atoms with van der Waals surface area (Å²) >= 11 is 1.36. The second kappa shape index (κ2) is 9.25. The largest absolute Gasteiger partial charge is 0.496 e. The average Bonchev–Trinajstić information content (AvgIpc) is 3.20. The molecule has 0 bridgehead atoms. The van der Waals surface area contributed by atoms with Crippen molar-refractivity contribution in [1.82, 2.24) is 4.98 Å². The monoisotopic (exact) mass is 410 g/mol. The van der Waals surface area contributed by atoms with Gasteiger partial charge in [-0.15, -0.1) is 11.3 Å². The van der Waals surface area contributed by atoms with Crippen molar-refractivity contribution in [3.63, 3.8) is 0 Å². The van der Waals surface area contributed by atoms with Crippen molar-refractivity contribution >= 4 is 28.5 Å². The molecule has 3 rings (SSSR count). The Morgan fingerprint density at radius 3 is 2.45 bits per heavy atom. The van der Waals surface area contributed by atoms with Gasteiger partial charge in [0.2, 0.25) is 5.91 Å². The van der Waals surface area contributed by atoms with Gasteiger partial charge in [-0.2, -0.15) is 0 Å². The van der Waals surface area contributed by atoms with Crippen molar-refractivity contribution in [3.05, 3.63) is 59.0 Å². The van der Waals surface area contributed by atoms with Gasteiger partial charge in [0.15, 0.2) is 16.6 Å². The zero-order chi connectivity index (χ0) is 20.8. The van der Waals surface area contributed by atoms with Crippen molar-refractivity contribution in [2.75, 3.05) is 26.6 Å². The minimum atomic E-state index is -0.267. The number of carbonyl (C=O) groups is 1. The maximum atomic E-state index is 12.3. The molecule has 1 heterocycles. The van der Waals surface area contributed by atoms with Crippen molar-refractivity contribution in [1.29, 1.82) is 0 Å². The van der Waals surface area contributed by atoms with Crippen molar-refractivity contribution < 1.29 is 19.0 Å². The molecule has 0 saturated carbocycles. The van der Waals surface area contributed by atoms with E-state index in [4.69, 9.17) is 14.2 Å². The summed E-state index contributed by atoms with van der Waals surface area (Å²) in [6.45, 7) is 2.01. The quantitative estimate of drug-likeness (QED) is 0.567. The predicted molar refractivity (Wildman–Crippen MR) is 116 cm³/mol. The molecule has 150 valence electrons. The molecule has 0 spiro atoms. The number of rotatable bonds is 7. The number of methoxy groups -OCH3 is 3. The van der Waals surface area contributed by atoms with Crippen LogP contribution in [0.15, 0.2) is 47.9 Å². The van der Waals surface area contributed by atoms with E-state index < -0.39 is 0 Å². The first kappa shape index (κ1) is 20.4. The molecule has 29 heavy (non-hydrogen) atoms. The summed E-state index contributed by atoms with van der Waals surface area (Å²) in [5, 5.41) is 5.20. The Bertz CT molecular complexity index is 1040. The summed E-state index contributed by atoms with van der Waals surface area (Å²) in [6.07, 6.45) is 3.16. The number of aryl methyl sites for hydroxylation is 1. The molecule has 0 saturated heterocycles. The summed E-state index contributed by atoms with van der Waals surface area (Å²) in [4.78, 5) is 16.8. The number of amides is 1. The Balaban J connectivity index is 1.71. The predicted octanol–water partition coefficient (Wildman–Crippen LogP) is 4.80. The fourth-order valence-electron chi connectivity index (χ4n) is 2.75. The minimum Gasteiger partial charge on any atom is -0.496 e. The van der Waals surface area contributed by atoms with Gasteiger partial charge in [-0.05, 0) is 42.8 Å². The van der Waals surface area contributed by atoms with Gasteiger partial charge in [0.1, 0.15) is 5.75 Å². The number of anilines is 1. The zero-order valence-electron chi connectivity index (χ0n) is 16.7. The third-order valence-corrected chi connectivity index (χ3v) is 4.96. The van der Waals surface area contributed by atoms with Gasteiger partial charge in [-0.3, -0.25) is 10.1 Å². The van der Waals surface area contributed by atoms with Crippen LogP contribution in [-0.4, -0.2) is 32.2 Å². The van der Waals surface area contributed by atoms with Crippen LogP contribution in [0.3, 0.4) is 0 Å². The highest BCUT2D eigenvalue weighted by atomic mass is 32.1. The molecule has 7 heteroatoms. The molecule has 3 aromatic rings. The van der Waals surface area contributed by atoms with E-state index in [1.54, 1.807) is 39.5 Å². The third-order valence-electron chi connectivity index (χ3n) is 4.20. The molecule has 2 aromatic carbocycles. The van der Waals surface area contributed by atoms with Crippen LogP contribution in [-0.2, 0) is 4.79 Å². The lowest BCUT2D eigenvalue weighted by atomic mass is 10.1. The number of benzene rings is 2. The molecule has 0 fully saturated rings. The van der Waals surface area contributed by atoms with E-state index in [1.165, 1.54) is 17.4 Å². The molecular formula is C22H22N2O4S. The van der Waals surface area contributed by atoms with E-state index in [0.29, 0.717) is 16.6 Å². The maximum absolute atomic E-state index is 12.3. The molecular weight excluding hydrogens is 388 g/mol. The molecule has 1 aromatic heterocycles. The van der Waals surface area contributed by atoms with E-state index in [1.807, 2.05) is 36.6 Å². The van der Waals surface area contributed by atoms with Crippen LogP contribution in [0.5, 0.6) is 17.2 Å². The fraction of sp³-hybridized carbons (Fsp3) is 0.182. The van der Waals surface area contributed by atoms with Gasteiger partial charge >= 0.3 is 0 Å². The molecule has 6 nitrogen and oxygen atoms in total. The Kier molecular flexibility index (Phi) is 6.51. The molecule has 0 aliphatic heterocycles. The number of hydrogen-bond donors (Lipinski definition) is 1. The Hall–Kier alpha value is -3.32. The van der Waals surface area contributed by atoms with Crippen molar-refractivity contribution in [2.45, 2.75) is 6.92 Å². The van der Waals surface area contributed by atoms with Gasteiger partial charge in [0.25, 0.3) is 0 Å². The summed E-state index contributed by atoms with van der Waals surface area (Å²) in [5.41, 5.74) is 3.58. The SMILES string of the molecule is COc1ccc(/C=C/C(=O)Nc2nc(-c3cc(C)ccc3OC)cs2)cc1OC. The summed E-state index contributed by atoms with van der Waals surface area (Å²) in [5.74, 6) is 1.71. The first-order chi connectivity index (χ1) is 14.0. The number of thiazole rings is 1. The van der Waals surface area contributed by atoms with Gasteiger partial charge in [0, 0.05) is 17.0 Å². The Labute approximate surface area is 173 Å². The lowest BCUT2D eigenvalue weighted by Crippen LogP contribution is -2.07. The highest BCUT2D eigenvalue weighted by Crippen LogP contribution is 2.33. The van der Waals surface area contributed by atoms with E-state index in [-0.39, 0.29) is 5.91 Å². The second-order valence-corrected chi connectivity index (χ2v) is 7.04. The number of nitrogens with one attached hydrogen (secondary N) is 1. The van der Waals surface area contributed by atoms with E-state index >= 15 is 0 Å². The van der Waals surface area contributed by atoms with Crippen molar-refractivity contribution in [3.8, 4) is 28.5 Å². The van der Waals surface area contributed by atoms with Crippen LogP contribution in [0, 0.1) is 6.92 Å². The van der Waals surface area contributed by atoms with E-state index in [9.17, 15) is 4.79 Å². The standard InChI is InChI=1S/C22H22N2O4S/c1-14-5-8-18(26-2)16(11-14)17-13-29-22(23-17)24-21(25)10-7-15-6-9-19(27-3)20(12-15)28-4/h5-13H,1-4H3,(H,23,24,25)/b10-7+. The van der Waals surface area contributed by atoms with Crippen LogP contribution in [0.1, 0.15) is 11.1 Å². The van der Waals surface area contributed by atoms with Crippen LogP contribution in [0.4, 0.5) is 5.13 Å². The highest BCUT2D eigenvalue weighted by molar-refractivity contribution is 7.14. The lowest BCUT2D eigenvalue weighted by Gasteiger charge is -2.07. The van der Waals surface area contributed by atoms with Crippen LogP contribution in [0.25, 0.3) is 17.3 Å². The number of carbonyl (C=O) groups excluding carboxylic acids is 1.